The molecule has 0 aliphatic rings. The third-order valence-electron chi connectivity index (χ3n) is 1.46. The summed E-state index contributed by atoms with van der Waals surface area (Å²) in [6, 6.07) is 1.57. The van der Waals surface area contributed by atoms with Gasteiger partial charge in [0.15, 0.2) is 0 Å². The van der Waals surface area contributed by atoms with Crippen LogP contribution < -0.4 is 0 Å². The van der Waals surface area contributed by atoms with Crippen molar-refractivity contribution in [3.05, 3.63) is 0 Å². The lowest BCUT2D eigenvalue weighted by molar-refractivity contribution is 0.700. The molecule has 0 radical (unpaired) electrons. The Kier molecular flexibility index (Phi) is 7.41. The van der Waals surface area contributed by atoms with E-state index >= 15 is 0 Å². The summed E-state index contributed by atoms with van der Waals surface area (Å²) < 4.78 is 0. The van der Waals surface area contributed by atoms with Crippen molar-refractivity contribution < 1.29 is 0 Å². The van der Waals surface area contributed by atoms with E-state index < -0.39 is 0 Å². The largest absolute Gasteiger partial charge is 0.0748 e. The molecule has 0 fully saturated rings. The minimum atomic E-state index is 0.386. The van der Waals surface area contributed by atoms with Crippen molar-refractivity contribution in [2.24, 2.45) is 0 Å². The third-order valence-corrected chi connectivity index (χ3v) is 2.66. The number of hydrogen-bond acceptors (Lipinski definition) is 0. The highest BCUT2D eigenvalue weighted by atomic mass is 28.2. The summed E-state index contributed by atoms with van der Waals surface area (Å²) in [5.74, 6) is 0. The first-order valence-electron chi connectivity index (χ1n) is 3.91. The van der Waals surface area contributed by atoms with Gasteiger partial charge in [0.2, 0.25) is 0 Å². The summed E-state index contributed by atoms with van der Waals surface area (Å²) in [7, 11) is 0.386. The van der Waals surface area contributed by atoms with Crippen LogP contribution >= 0.6 is 0 Å². The summed E-state index contributed by atoms with van der Waals surface area (Å²) >= 11 is 0. The fourth-order valence-corrected chi connectivity index (χ4v) is 1.71. The van der Waals surface area contributed by atoms with E-state index in [2.05, 4.69) is 13.5 Å². The van der Waals surface area contributed by atoms with Crippen molar-refractivity contribution in [3.63, 3.8) is 0 Å². The first-order chi connectivity index (χ1) is 3.91. The van der Waals surface area contributed by atoms with Crippen molar-refractivity contribution in [2.45, 2.75) is 45.2 Å². The first-order valence-corrected chi connectivity index (χ1v) is 6.33. The van der Waals surface area contributed by atoms with Gasteiger partial charge in [-0.25, -0.2) is 0 Å². The highest BCUT2D eigenvalue weighted by molar-refractivity contribution is 6.33. The second-order valence-electron chi connectivity index (χ2n) is 2.41. The monoisotopic (exact) mass is 130 g/mol. The Bertz CT molecular complexity index is 29.4. The Morgan fingerprint density at radius 3 is 2.38 bits per heavy atom. The van der Waals surface area contributed by atoms with Gasteiger partial charge in [0.25, 0.3) is 0 Å². The molecule has 50 valence electrons. The Labute approximate surface area is 55.5 Å². The Hall–Kier alpha value is 0.217. The van der Waals surface area contributed by atoms with Gasteiger partial charge in [0.1, 0.15) is 0 Å². The summed E-state index contributed by atoms with van der Waals surface area (Å²) in [4.78, 5) is 0. The molecule has 0 heterocycles. The molecule has 0 spiro atoms. The normalized spacial score (nSPS) is 11.2. The van der Waals surface area contributed by atoms with Crippen LogP contribution in [-0.4, -0.2) is 9.52 Å². The van der Waals surface area contributed by atoms with Crippen LogP contribution in [0.15, 0.2) is 0 Å². The number of unbranched alkanes of at least 4 members (excludes halogenated alkanes) is 3. The molecule has 0 unspecified atom stereocenters. The van der Waals surface area contributed by atoms with Crippen molar-refractivity contribution in [1.29, 1.82) is 0 Å². The molecule has 0 atom stereocenters. The maximum absolute atomic E-state index is 2.39. The van der Waals surface area contributed by atoms with Gasteiger partial charge in [-0.3, -0.25) is 0 Å². The summed E-state index contributed by atoms with van der Waals surface area (Å²) in [5.41, 5.74) is 0. The Morgan fingerprint density at radius 1 is 1.12 bits per heavy atom. The predicted octanol–water partition coefficient (Wildman–Crippen LogP) is 2.20. The van der Waals surface area contributed by atoms with E-state index in [1.54, 1.807) is 6.04 Å². The van der Waals surface area contributed by atoms with Crippen molar-refractivity contribution in [1.82, 2.24) is 0 Å². The fraction of sp³-hybridized carbons (Fsp3) is 1.00. The van der Waals surface area contributed by atoms with Crippen LogP contribution in [0.4, 0.5) is 0 Å². The highest BCUT2D eigenvalue weighted by Gasteiger charge is 1.83. The minimum absolute atomic E-state index is 0.386. The topological polar surface area (TPSA) is 0 Å². The van der Waals surface area contributed by atoms with Gasteiger partial charge in [-0.15, -0.1) is 0 Å². The van der Waals surface area contributed by atoms with Crippen molar-refractivity contribution in [3.8, 4) is 0 Å². The molecule has 0 aromatic rings. The molecular weight excluding hydrogens is 112 g/mol. The minimum Gasteiger partial charge on any atom is -0.0748 e. The average molecular weight is 130 g/mol. The SMILES string of the molecule is CCCCCC[SiH2]C. The fourth-order valence-electron chi connectivity index (χ4n) is 0.854. The molecule has 1 heteroatoms. The van der Waals surface area contributed by atoms with Gasteiger partial charge in [-0.2, -0.15) is 0 Å². The molecule has 0 rings (SSSR count). The van der Waals surface area contributed by atoms with E-state index in [9.17, 15) is 0 Å². The van der Waals surface area contributed by atoms with Gasteiger partial charge in [-0.05, 0) is 0 Å². The Morgan fingerprint density at radius 2 is 1.88 bits per heavy atom. The predicted molar refractivity (Wildman–Crippen MR) is 43.4 cm³/mol. The summed E-state index contributed by atoms with van der Waals surface area (Å²) in [6.45, 7) is 4.66. The van der Waals surface area contributed by atoms with E-state index in [1.807, 2.05) is 0 Å². The van der Waals surface area contributed by atoms with Gasteiger partial charge in [0, 0.05) is 9.52 Å². The number of hydrogen-bond donors (Lipinski definition) is 0. The maximum atomic E-state index is 2.39. The van der Waals surface area contributed by atoms with E-state index in [-0.39, 0.29) is 0 Å². The van der Waals surface area contributed by atoms with Crippen molar-refractivity contribution in [2.75, 3.05) is 0 Å². The molecule has 0 nitrogen and oxygen atoms in total. The average Bonchev–Trinajstić information content (AvgIpc) is 1.81. The van der Waals surface area contributed by atoms with Crippen LogP contribution in [0.2, 0.25) is 12.6 Å². The number of rotatable bonds is 5. The smallest absolute Gasteiger partial charge is 0.0166 e. The van der Waals surface area contributed by atoms with E-state index in [1.165, 1.54) is 25.7 Å². The van der Waals surface area contributed by atoms with Crippen LogP contribution in [-0.2, 0) is 0 Å². The molecule has 0 aliphatic carbocycles. The van der Waals surface area contributed by atoms with Crippen LogP contribution in [0.25, 0.3) is 0 Å². The van der Waals surface area contributed by atoms with Crippen LogP contribution in [0.5, 0.6) is 0 Å². The lowest BCUT2D eigenvalue weighted by Crippen LogP contribution is -1.80. The lowest BCUT2D eigenvalue weighted by Gasteiger charge is -1.93. The van der Waals surface area contributed by atoms with E-state index in [4.69, 9.17) is 0 Å². The first kappa shape index (κ1) is 8.22. The molecule has 0 saturated heterocycles. The Balaban J connectivity index is 2.53. The standard InChI is InChI=1S/C7H18Si/c1-3-4-5-6-7-8-2/h3-8H2,1-2H3. The van der Waals surface area contributed by atoms with Gasteiger partial charge >= 0.3 is 0 Å². The molecule has 0 aromatic heterocycles. The highest BCUT2D eigenvalue weighted by Crippen LogP contribution is 2.01. The second-order valence-corrected chi connectivity index (χ2v) is 4.12. The molecule has 0 saturated carbocycles. The molecule has 0 N–H and O–H groups in total. The van der Waals surface area contributed by atoms with Crippen LogP contribution in [0, 0.1) is 0 Å². The van der Waals surface area contributed by atoms with Crippen LogP contribution in [0.3, 0.4) is 0 Å². The second kappa shape index (κ2) is 7.22. The molecule has 8 heavy (non-hydrogen) atoms. The zero-order valence-electron chi connectivity index (χ0n) is 6.24. The lowest BCUT2D eigenvalue weighted by atomic mass is 10.2. The van der Waals surface area contributed by atoms with E-state index in [0.717, 1.165) is 0 Å². The maximum Gasteiger partial charge on any atom is 0.0166 e. The van der Waals surface area contributed by atoms with Gasteiger partial charge in [-0.1, -0.05) is 45.2 Å². The van der Waals surface area contributed by atoms with Crippen LogP contribution in [0.1, 0.15) is 32.6 Å². The van der Waals surface area contributed by atoms with Gasteiger partial charge < -0.3 is 0 Å². The van der Waals surface area contributed by atoms with Gasteiger partial charge in [0.05, 0.1) is 0 Å². The summed E-state index contributed by atoms with van der Waals surface area (Å²) in [6.07, 6.45) is 5.83. The van der Waals surface area contributed by atoms with Crippen molar-refractivity contribution >= 4 is 9.52 Å². The molecule has 0 aromatic carbocycles. The molecule has 0 bridgehead atoms. The molecule has 0 aliphatic heterocycles. The molecular formula is C7H18Si. The van der Waals surface area contributed by atoms with E-state index in [0.29, 0.717) is 9.52 Å². The molecule has 0 amide bonds. The quantitative estimate of drug-likeness (QED) is 0.395. The summed E-state index contributed by atoms with van der Waals surface area (Å²) in [5, 5.41) is 0. The third kappa shape index (κ3) is 6.22. The zero-order chi connectivity index (χ0) is 6.24. The zero-order valence-corrected chi connectivity index (χ0v) is 7.66.